The minimum absolute atomic E-state index is 0.163. The van der Waals surface area contributed by atoms with Crippen LogP contribution in [-0.4, -0.2) is 26.7 Å². The number of thiophene rings is 1. The maximum absolute atomic E-state index is 12.2. The number of amides is 1. The molecule has 1 aliphatic rings. The third-order valence-corrected chi connectivity index (χ3v) is 4.78. The van der Waals surface area contributed by atoms with Gasteiger partial charge in [0.1, 0.15) is 5.75 Å². The van der Waals surface area contributed by atoms with Gasteiger partial charge in [0.05, 0.1) is 27.6 Å². The molecule has 1 aromatic heterocycles. The van der Waals surface area contributed by atoms with E-state index >= 15 is 0 Å². The van der Waals surface area contributed by atoms with Crippen LogP contribution >= 0.6 is 11.3 Å². The number of non-ortho nitro benzene ring substituents is 1. The van der Waals surface area contributed by atoms with Crippen molar-refractivity contribution in [1.29, 1.82) is 0 Å². The maximum Gasteiger partial charge on any atom is 0.273 e. The number of benzene rings is 1. The molecule has 0 unspecified atom stereocenters. The van der Waals surface area contributed by atoms with E-state index in [0.717, 1.165) is 16.7 Å². The number of phenolic OH excluding ortho intramolecular Hbond substituents is 1. The molecule has 1 amide bonds. The van der Waals surface area contributed by atoms with Gasteiger partial charge in [0, 0.05) is 24.5 Å². The molecular formula is C16H15N3O4S. The van der Waals surface area contributed by atoms with Gasteiger partial charge in [-0.1, -0.05) is 13.0 Å². The first-order valence-corrected chi connectivity index (χ1v) is 8.30. The summed E-state index contributed by atoms with van der Waals surface area (Å²) in [5.74, 6) is -0.366. The second kappa shape index (κ2) is 6.40. The summed E-state index contributed by atoms with van der Waals surface area (Å²) in [5, 5.41) is 28.7. The standard InChI is InChI=1S/C16H15N3O4S/c1-2-16(21)18-13(9-12(17-18)15-4-3-7-24-15)11-6-5-10(19(22)23)8-14(11)20/h3-8,13,20H,2,9H2,1H3/t13-/m0/s1. The van der Waals surface area contributed by atoms with Gasteiger partial charge in [-0.2, -0.15) is 5.10 Å². The van der Waals surface area contributed by atoms with E-state index < -0.39 is 11.0 Å². The van der Waals surface area contributed by atoms with Crippen molar-refractivity contribution in [3.63, 3.8) is 0 Å². The summed E-state index contributed by atoms with van der Waals surface area (Å²) in [7, 11) is 0. The summed E-state index contributed by atoms with van der Waals surface area (Å²) in [6, 6.07) is 7.29. The Morgan fingerprint density at radius 1 is 1.50 bits per heavy atom. The number of nitrogens with zero attached hydrogens (tertiary/aromatic N) is 3. The van der Waals surface area contributed by atoms with Crippen LogP contribution in [0.2, 0.25) is 0 Å². The molecule has 0 radical (unpaired) electrons. The van der Waals surface area contributed by atoms with Gasteiger partial charge in [-0.05, 0) is 17.5 Å². The second-order valence-electron chi connectivity index (χ2n) is 5.34. The second-order valence-corrected chi connectivity index (χ2v) is 6.28. The van der Waals surface area contributed by atoms with Crippen LogP contribution in [0.15, 0.2) is 40.8 Å². The molecule has 2 heterocycles. The first-order valence-electron chi connectivity index (χ1n) is 7.42. The van der Waals surface area contributed by atoms with E-state index in [-0.39, 0.29) is 23.8 Å². The first kappa shape index (κ1) is 16.1. The van der Waals surface area contributed by atoms with Crippen molar-refractivity contribution in [3.05, 3.63) is 56.3 Å². The molecule has 0 aliphatic carbocycles. The molecule has 1 aliphatic heterocycles. The van der Waals surface area contributed by atoms with Gasteiger partial charge in [-0.15, -0.1) is 11.3 Å². The predicted octanol–water partition coefficient (Wildman–Crippen LogP) is 3.45. The minimum Gasteiger partial charge on any atom is -0.507 e. The van der Waals surface area contributed by atoms with Crippen LogP contribution in [0.3, 0.4) is 0 Å². The molecule has 0 bridgehead atoms. The van der Waals surface area contributed by atoms with E-state index in [1.165, 1.54) is 28.5 Å². The van der Waals surface area contributed by atoms with Gasteiger partial charge >= 0.3 is 0 Å². The van der Waals surface area contributed by atoms with Gasteiger partial charge in [-0.3, -0.25) is 14.9 Å². The Balaban J connectivity index is 1.97. The fraction of sp³-hybridized carbons (Fsp3) is 0.250. The number of aromatic hydroxyl groups is 1. The van der Waals surface area contributed by atoms with Crippen molar-refractivity contribution >= 4 is 28.6 Å². The summed E-state index contributed by atoms with van der Waals surface area (Å²) in [6.07, 6.45) is 0.739. The van der Waals surface area contributed by atoms with Gasteiger partial charge in [0.2, 0.25) is 5.91 Å². The van der Waals surface area contributed by atoms with Crippen LogP contribution in [0.5, 0.6) is 5.75 Å². The first-order chi connectivity index (χ1) is 11.5. The summed E-state index contributed by atoms with van der Waals surface area (Å²) < 4.78 is 0. The molecule has 0 fully saturated rings. The lowest BCUT2D eigenvalue weighted by molar-refractivity contribution is -0.385. The number of hydrazone groups is 1. The quantitative estimate of drug-likeness (QED) is 0.678. The number of nitro benzene ring substituents is 1. The average Bonchev–Trinajstić information content (AvgIpc) is 3.23. The normalized spacial score (nSPS) is 17.0. The fourth-order valence-corrected chi connectivity index (χ4v) is 3.38. The molecule has 2 aromatic rings. The van der Waals surface area contributed by atoms with Crippen LogP contribution in [0.25, 0.3) is 0 Å². The highest BCUT2D eigenvalue weighted by molar-refractivity contribution is 7.12. The number of hydrogen-bond donors (Lipinski definition) is 1. The zero-order valence-corrected chi connectivity index (χ0v) is 13.7. The number of phenols is 1. The number of nitro groups is 1. The molecule has 1 aromatic carbocycles. The average molecular weight is 345 g/mol. The lowest BCUT2D eigenvalue weighted by Crippen LogP contribution is -2.26. The van der Waals surface area contributed by atoms with E-state index in [1.54, 1.807) is 6.92 Å². The van der Waals surface area contributed by atoms with Crippen LogP contribution in [0.1, 0.15) is 36.2 Å². The van der Waals surface area contributed by atoms with Crippen molar-refractivity contribution in [1.82, 2.24) is 5.01 Å². The van der Waals surface area contributed by atoms with Crippen LogP contribution in [0.4, 0.5) is 5.69 Å². The van der Waals surface area contributed by atoms with Crippen LogP contribution in [-0.2, 0) is 4.79 Å². The summed E-state index contributed by atoms with van der Waals surface area (Å²) in [5.41, 5.74) is 1.04. The van der Waals surface area contributed by atoms with Gasteiger partial charge < -0.3 is 5.11 Å². The zero-order chi connectivity index (χ0) is 17.3. The van der Waals surface area contributed by atoms with Crippen LogP contribution in [0, 0.1) is 10.1 Å². The predicted molar refractivity (Wildman–Crippen MR) is 90.1 cm³/mol. The molecular weight excluding hydrogens is 330 g/mol. The van der Waals surface area contributed by atoms with Crippen molar-refractivity contribution in [2.24, 2.45) is 5.10 Å². The van der Waals surface area contributed by atoms with Gasteiger partial charge in [0.25, 0.3) is 5.69 Å². The Kier molecular flexibility index (Phi) is 4.30. The highest BCUT2D eigenvalue weighted by atomic mass is 32.1. The Hall–Kier alpha value is -2.74. The molecule has 0 saturated heterocycles. The molecule has 0 spiro atoms. The van der Waals surface area contributed by atoms with Crippen molar-refractivity contribution in [2.45, 2.75) is 25.8 Å². The minimum atomic E-state index is -0.569. The number of hydrogen-bond acceptors (Lipinski definition) is 6. The molecule has 124 valence electrons. The Morgan fingerprint density at radius 3 is 2.88 bits per heavy atom. The number of rotatable bonds is 4. The van der Waals surface area contributed by atoms with Crippen molar-refractivity contribution in [2.75, 3.05) is 0 Å². The Morgan fingerprint density at radius 2 is 2.29 bits per heavy atom. The van der Waals surface area contributed by atoms with E-state index in [9.17, 15) is 20.0 Å². The highest BCUT2D eigenvalue weighted by Gasteiger charge is 2.34. The third-order valence-electron chi connectivity index (χ3n) is 3.86. The fourth-order valence-electron chi connectivity index (χ4n) is 2.66. The van der Waals surface area contributed by atoms with Crippen molar-refractivity contribution in [3.8, 4) is 5.75 Å². The summed E-state index contributed by atoms with van der Waals surface area (Å²) in [4.78, 5) is 23.4. The van der Waals surface area contributed by atoms with Gasteiger partial charge in [-0.25, -0.2) is 5.01 Å². The molecule has 3 rings (SSSR count). The lowest BCUT2D eigenvalue weighted by atomic mass is 9.99. The SMILES string of the molecule is CCC(=O)N1N=C(c2cccs2)C[C@H]1c1ccc([N+](=O)[O-])cc1O. The Bertz CT molecular complexity index is 817. The highest BCUT2D eigenvalue weighted by Crippen LogP contribution is 2.39. The Labute approximate surface area is 142 Å². The number of carbonyl (C=O) groups is 1. The van der Waals surface area contributed by atoms with E-state index in [1.807, 2.05) is 17.5 Å². The number of carbonyl (C=O) groups excluding carboxylic acids is 1. The lowest BCUT2D eigenvalue weighted by Gasteiger charge is -2.22. The summed E-state index contributed by atoms with van der Waals surface area (Å²) in [6.45, 7) is 1.74. The van der Waals surface area contributed by atoms with Crippen molar-refractivity contribution < 1.29 is 14.8 Å². The maximum atomic E-state index is 12.2. The smallest absolute Gasteiger partial charge is 0.273 e. The van der Waals surface area contributed by atoms with E-state index in [0.29, 0.717) is 12.0 Å². The monoisotopic (exact) mass is 345 g/mol. The van der Waals surface area contributed by atoms with Gasteiger partial charge in [0.15, 0.2) is 0 Å². The molecule has 0 saturated carbocycles. The summed E-state index contributed by atoms with van der Waals surface area (Å²) >= 11 is 1.53. The zero-order valence-electron chi connectivity index (χ0n) is 12.9. The third kappa shape index (κ3) is 2.88. The topological polar surface area (TPSA) is 96.0 Å². The molecule has 1 atom stereocenters. The molecule has 1 N–H and O–H groups in total. The molecule has 24 heavy (non-hydrogen) atoms. The van der Waals surface area contributed by atoms with E-state index in [4.69, 9.17) is 0 Å². The molecule has 7 nitrogen and oxygen atoms in total. The van der Waals surface area contributed by atoms with Crippen LogP contribution < -0.4 is 0 Å². The van der Waals surface area contributed by atoms with E-state index in [2.05, 4.69) is 5.10 Å². The molecule has 8 heteroatoms. The largest absolute Gasteiger partial charge is 0.507 e.